The van der Waals surface area contributed by atoms with Crippen LogP contribution in [0.1, 0.15) is 16.7 Å². The van der Waals surface area contributed by atoms with E-state index in [4.69, 9.17) is 32.4 Å². The fourth-order valence-electron chi connectivity index (χ4n) is 3.98. The van der Waals surface area contributed by atoms with Crippen molar-refractivity contribution in [3.05, 3.63) is 85.7 Å². The summed E-state index contributed by atoms with van der Waals surface area (Å²) in [5, 5.41) is 3.66. The van der Waals surface area contributed by atoms with Gasteiger partial charge in [-0.05, 0) is 42.1 Å². The van der Waals surface area contributed by atoms with Crippen LogP contribution >= 0.6 is 23.2 Å². The van der Waals surface area contributed by atoms with Gasteiger partial charge in [-0.25, -0.2) is 4.79 Å². The molecule has 0 spiro atoms. The van der Waals surface area contributed by atoms with E-state index in [9.17, 15) is 4.79 Å². The third-order valence-electron chi connectivity index (χ3n) is 5.36. The van der Waals surface area contributed by atoms with Crippen molar-refractivity contribution in [1.82, 2.24) is 4.90 Å². The minimum atomic E-state index is -0.328. The van der Waals surface area contributed by atoms with Gasteiger partial charge in [0.25, 0.3) is 0 Å². The molecule has 0 aliphatic carbocycles. The first-order chi connectivity index (χ1) is 14.0. The lowest BCUT2D eigenvalue weighted by atomic mass is 10.00. The van der Waals surface area contributed by atoms with Crippen LogP contribution in [-0.2, 0) is 13.1 Å². The molecule has 1 aliphatic heterocycles. The highest BCUT2D eigenvalue weighted by Crippen LogP contribution is 2.37. The molecule has 4 aromatic rings. The van der Waals surface area contributed by atoms with Crippen LogP contribution in [0.2, 0.25) is 10.0 Å². The highest BCUT2D eigenvalue weighted by Gasteiger charge is 2.23. The number of rotatable bonds is 2. The van der Waals surface area contributed by atoms with E-state index in [1.165, 1.54) is 0 Å². The summed E-state index contributed by atoms with van der Waals surface area (Å²) in [5.41, 5.74) is 3.17. The van der Waals surface area contributed by atoms with Crippen molar-refractivity contribution in [2.75, 3.05) is 6.73 Å². The van der Waals surface area contributed by atoms with Crippen molar-refractivity contribution in [2.45, 2.75) is 20.0 Å². The van der Waals surface area contributed by atoms with Crippen molar-refractivity contribution in [2.24, 2.45) is 0 Å². The molecule has 0 N–H and O–H groups in total. The Bertz CT molecular complexity index is 1330. The second-order valence-corrected chi connectivity index (χ2v) is 8.14. The fraction of sp³-hybridized carbons (Fsp3) is 0.174. The van der Waals surface area contributed by atoms with Gasteiger partial charge < -0.3 is 9.15 Å². The predicted octanol–water partition coefficient (Wildman–Crippen LogP) is 5.91. The molecule has 0 fully saturated rings. The first kappa shape index (κ1) is 18.5. The molecule has 0 atom stereocenters. The lowest BCUT2D eigenvalue weighted by Gasteiger charge is -2.30. The Morgan fingerprint density at radius 1 is 1.03 bits per heavy atom. The summed E-state index contributed by atoms with van der Waals surface area (Å²) in [5.74, 6) is 0.786. The molecule has 1 aromatic heterocycles. The summed E-state index contributed by atoms with van der Waals surface area (Å²) >= 11 is 12.3. The molecule has 6 heteroatoms. The van der Waals surface area contributed by atoms with E-state index in [0.717, 1.165) is 33.2 Å². The second-order valence-electron chi connectivity index (χ2n) is 7.30. The summed E-state index contributed by atoms with van der Waals surface area (Å²) in [6.45, 7) is 3.72. The van der Waals surface area contributed by atoms with Crippen LogP contribution in [-0.4, -0.2) is 11.6 Å². The van der Waals surface area contributed by atoms with Crippen LogP contribution in [0.5, 0.6) is 5.75 Å². The second kappa shape index (κ2) is 7.06. The number of hydrogen-bond acceptors (Lipinski definition) is 4. The van der Waals surface area contributed by atoms with Crippen LogP contribution in [0, 0.1) is 6.92 Å². The highest BCUT2D eigenvalue weighted by atomic mass is 35.5. The third kappa shape index (κ3) is 3.18. The van der Waals surface area contributed by atoms with Gasteiger partial charge >= 0.3 is 5.63 Å². The van der Waals surface area contributed by atoms with Gasteiger partial charge in [-0.2, -0.15) is 0 Å². The zero-order chi connectivity index (χ0) is 20.1. The Hall–Kier alpha value is -2.53. The van der Waals surface area contributed by atoms with Crippen LogP contribution in [0.4, 0.5) is 0 Å². The Morgan fingerprint density at radius 2 is 1.83 bits per heavy atom. The predicted molar refractivity (Wildman–Crippen MR) is 116 cm³/mol. The van der Waals surface area contributed by atoms with Gasteiger partial charge in [-0.1, -0.05) is 47.5 Å². The van der Waals surface area contributed by atoms with Gasteiger partial charge in [0.2, 0.25) is 0 Å². The molecule has 0 unspecified atom stereocenters. The van der Waals surface area contributed by atoms with Crippen LogP contribution in [0.15, 0.2) is 57.7 Å². The average molecular weight is 426 g/mol. The van der Waals surface area contributed by atoms with Gasteiger partial charge in [-0.15, -0.1) is 0 Å². The Balaban J connectivity index is 1.58. The Morgan fingerprint density at radius 3 is 2.62 bits per heavy atom. The van der Waals surface area contributed by atoms with E-state index < -0.39 is 0 Å². The molecule has 5 rings (SSSR count). The molecule has 29 heavy (non-hydrogen) atoms. The maximum Gasteiger partial charge on any atom is 0.344 e. The standard InChI is InChI=1S/C23H17Cl2NO3/c1-13-21-15(8-19-17-4-2-3-5-18(17)23(27)29-22(13)19)11-26(12-28-21)10-14-6-7-16(24)9-20(14)25/h2-9H,10-12H2,1H3. The van der Waals surface area contributed by atoms with Crippen LogP contribution < -0.4 is 10.4 Å². The number of benzene rings is 3. The third-order valence-corrected chi connectivity index (χ3v) is 5.95. The minimum Gasteiger partial charge on any atom is -0.477 e. The smallest absolute Gasteiger partial charge is 0.344 e. The van der Waals surface area contributed by atoms with E-state index in [0.29, 0.717) is 40.8 Å². The lowest BCUT2D eigenvalue weighted by Crippen LogP contribution is -2.32. The van der Waals surface area contributed by atoms with Gasteiger partial charge in [-0.3, -0.25) is 4.90 Å². The Labute approximate surface area is 177 Å². The maximum absolute atomic E-state index is 12.4. The summed E-state index contributed by atoms with van der Waals surface area (Å²) in [7, 11) is 0. The molecular weight excluding hydrogens is 409 g/mol. The minimum absolute atomic E-state index is 0.328. The number of halogens is 2. The molecule has 0 radical (unpaired) electrons. The van der Waals surface area contributed by atoms with Crippen molar-refractivity contribution in [3.63, 3.8) is 0 Å². The Kier molecular flexibility index (Phi) is 4.50. The highest BCUT2D eigenvalue weighted by molar-refractivity contribution is 6.35. The molecule has 0 amide bonds. The molecule has 0 saturated heterocycles. The number of hydrogen-bond donors (Lipinski definition) is 0. The zero-order valence-electron chi connectivity index (χ0n) is 15.7. The number of aryl methyl sites for hydroxylation is 1. The van der Waals surface area contributed by atoms with Crippen molar-refractivity contribution >= 4 is 44.9 Å². The number of fused-ring (bicyclic) bond motifs is 4. The summed E-state index contributed by atoms with van der Waals surface area (Å²) in [6.07, 6.45) is 0. The largest absolute Gasteiger partial charge is 0.477 e. The maximum atomic E-state index is 12.4. The number of ether oxygens (including phenoxy) is 1. The topological polar surface area (TPSA) is 42.7 Å². The molecule has 0 saturated carbocycles. The lowest BCUT2D eigenvalue weighted by molar-refractivity contribution is 0.0881. The summed E-state index contributed by atoms with van der Waals surface area (Å²) < 4.78 is 11.7. The monoisotopic (exact) mass is 425 g/mol. The summed E-state index contributed by atoms with van der Waals surface area (Å²) in [4.78, 5) is 14.6. The molecule has 4 nitrogen and oxygen atoms in total. The van der Waals surface area contributed by atoms with Crippen LogP contribution in [0.25, 0.3) is 21.7 Å². The first-order valence-electron chi connectivity index (χ1n) is 9.28. The molecule has 1 aliphatic rings. The van der Waals surface area contributed by atoms with E-state index >= 15 is 0 Å². The average Bonchev–Trinajstić information content (AvgIpc) is 2.71. The van der Waals surface area contributed by atoms with Crippen molar-refractivity contribution in [1.29, 1.82) is 0 Å². The van der Waals surface area contributed by atoms with Gasteiger partial charge in [0, 0.05) is 39.6 Å². The van der Waals surface area contributed by atoms with Crippen molar-refractivity contribution < 1.29 is 9.15 Å². The molecular formula is C23H17Cl2NO3. The normalized spacial score (nSPS) is 14.2. The molecule has 2 heterocycles. The quantitative estimate of drug-likeness (QED) is 0.295. The molecule has 3 aromatic carbocycles. The van der Waals surface area contributed by atoms with E-state index in [-0.39, 0.29) is 5.63 Å². The first-order valence-corrected chi connectivity index (χ1v) is 10.0. The van der Waals surface area contributed by atoms with E-state index in [1.807, 2.05) is 37.3 Å². The fourth-order valence-corrected chi connectivity index (χ4v) is 4.45. The van der Waals surface area contributed by atoms with E-state index in [2.05, 4.69) is 11.0 Å². The zero-order valence-corrected chi connectivity index (χ0v) is 17.2. The van der Waals surface area contributed by atoms with Gasteiger partial charge in [0.15, 0.2) is 0 Å². The van der Waals surface area contributed by atoms with Gasteiger partial charge in [0.05, 0.1) is 5.39 Å². The molecule has 146 valence electrons. The summed E-state index contributed by atoms with van der Waals surface area (Å²) in [6, 6.07) is 15.1. The van der Waals surface area contributed by atoms with E-state index in [1.54, 1.807) is 12.1 Å². The number of nitrogens with zero attached hydrogens (tertiary/aromatic N) is 1. The molecule has 0 bridgehead atoms. The van der Waals surface area contributed by atoms with Crippen LogP contribution in [0.3, 0.4) is 0 Å². The SMILES string of the molecule is Cc1c2c(cc3c1oc(=O)c1ccccc13)CN(Cc1ccc(Cl)cc1Cl)CO2. The van der Waals surface area contributed by atoms with Crippen molar-refractivity contribution in [3.8, 4) is 5.75 Å². The van der Waals surface area contributed by atoms with Gasteiger partial charge in [0.1, 0.15) is 18.1 Å².